The molecule has 1 rings (SSSR count). The largest absolute Gasteiger partial charge is 0.198 e. The van der Waals surface area contributed by atoms with Gasteiger partial charge in [0.05, 0.1) is 12.0 Å². The van der Waals surface area contributed by atoms with E-state index in [-0.39, 0.29) is 5.92 Å². The van der Waals surface area contributed by atoms with E-state index < -0.39 is 0 Å². The quantitative estimate of drug-likeness (QED) is 0.709. The second-order valence-corrected chi connectivity index (χ2v) is 4.12. The number of hydrogen-bond acceptors (Lipinski definition) is 1. The summed E-state index contributed by atoms with van der Waals surface area (Å²) in [4.78, 5) is 0. The summed E-state index contributed by atoms with van der Waals surface area (Å²) < 4.78 is 0. The molecular weight excluding hydrogens is 170 g/mol. The maximum atomic E-state index is 9.15. The molecule has 1 aromatic carbocycles. The lowest BCUT2D eigenvalue weighted by Crippen LogP contribution is -2.13. The standard InChI is InChI=1S/C13H17N/c1-10(2)11(3)13(9-14)12-7-5-4-6-8-12/h4-8,10-11,13H,1-3H3. The Hall–Kier alpha value is -1.29. The van der Waals surface area contributed by atoms with Gasteiger partial charge in [-0.25, -0.2) is 0 Å². The van der Waals surface area contributed by atoms with Crippen LogP contribution in [0.1, 0.15) is 32.3 Å². The Morgan fingerprint density at radius 1 is 1.07 bits per heavy atom. The maximum absolute atomic E-state index is 9.15. The van der Waals surface area contributed by atoms with Crippen LogP contribution in [0, 0.1) is 23.2 Å². The maximum Gasteiger partial charge on any atom is 0.0740 e. The van der Waals surface area contributed by atoms with Crippen LogP contribution in [0.25, 0.3) is 0 Å². The lowest BCUT2D eigenvalue weighted by molar-refractivity contribution is 0.389. The topological polar surface area (TPSA) is 23.8 Å². The van der Waals surface area contributed by atoms with Gasteiger partial charge in [-0.3, -0.25) is 0 Å². The van der Waals surface area contributed by atoms with Crippen LogP contribution >= 0.6 is 0 Å². The Morgan fingerprint density at radius 2 is 1.64 bits per heavy atom. The zero-order valence-corrected chi connectivity index (χ0v) is 9.07. The highest BCUT2D eigenvalue weighted by atomic mass is 14.3. The van der Waals surface area contributed by atoms with Crippen molar-refractivity contribution in [3.63, 3.8) is 0 Å². The molecular formula is C13H17N. The third-order valence-electron chi connectivity index (χ3n) is 2.88. The summed E-state index contributed by atoms with van der Waals surface area (Å²) >= 11 is 0. The SMILES string of the molecule is CC(C)C(C)C(C#N)c1ccccc1. The molecule has 0 amide bonds. The minimum atomic E-state index is 0.0243. The van der Waals surface area contributed by atoms with Crippen molar-refractivity contribution in [2.75, 3.05) is 0 Å². The van der Waals surface area contributed by atoms with Crippen LogP contribution in [0.2, 0.25) is 0 Å². The Bertz CT molecular complexity index is 308. The monoisotopic (exact) mass is 187 g/mol. The highest BCUT2D eigenvalue weighted by molar-refractivity contribution is 5.25. The summed E-state index contributed by atoms with van der Waals surface area (Å²) in [5.41, 5.74) is 1.14. The van der Waals surface area contributed by atoms with E-state index in [4.69, 9.17) is 5.26 Å². The van der Waals surface area contributed by atoms with E-state index >= 15 is 0 Å². The van der Waals surface area contributed by atoms with E-state index in [2.05, 4.69) is 26.8 Å². The van der Waals surface area contributed by atoms with Crippen molar-refractivity contribution in [1.29, 1.82) is 5.26 Å². The number of nitrogens with zero attached hydrogens (tertiary/aromatic N) is 1. The second-order valence-electron chi connectivity index (χ2n) is 4.12. The summed E-state index contributed by atoms with van der Waals surface area (Å²) in [6.45, 7) is 6.47. The average Bonchev–Trinajstić information content (AvgIpc) is 2.20. The lowest BCUT2D eigenvalue weighted by atomic mass is 9.81. The summed E-state index contributed by atoms with van der Waals surface area (Å²) in [7, 11) is 0. The fourth-order valence-electron chi connectivity index (χ4n) is 1.54. The third-order valence-corrected chi connectivity index (χ3v) is 2.88. The molecule has 74 valence electrons. The van der Waals surface area contributed by atoms with Crippen LogP contribution in [0.15, 0.2) is 30.3 Å². The molecule has 1 aromatic rings. The van der Waals surface area contributed by atoms with Crippen LogP contribution in [0.3, 0.4) is 0 Å². The van der Waals surface area contributed by atoms with Gasteiger partial charge < -0.3 is 0 Å². The van der Waals surface area contributed by atoms with Gasteiger partial charge in [-0.2, -0.15) is 5.26 Å². The van der Waals surface area contributed by atoms with Crippen molar-refractivity contribution in [2.24, 2.45) is 11.8 Å². The molecule has 14 heavy (non-hydrogen) atoms. The van der Waals surface area contributed by atoms with Crippen LogP contribution in [-0.4, -0.2) is 0 Å². The molecule has 1 heteroatoms. The molecule has 1 nitrogen and oxygen atoms in total. The molecule has 2 unspecified atom stereocenters. The smallest absolute Gasteiger partial charge is 0.0740 e. The lowest BCUT2D eigenvalue weighted by Gasteiger charge is -2.21. The Morgan fingerprint density at radius 3 is 2.07 bits per heavy atom. The molecule has 0 aliphatic carbocycles. The van der Waals surface area contributed by atoms with Gasteiger partial charge >= 0.3 is 0 Å². The van der Waals surface area contributed by atoms with Crippen molar-refractivity contribution in [3.8, 4) is 6.07 Å². The van der Waals surface area contributed by atoms with Crippen LogP contribution < -0.4 is 0 Å². The molecule has 0 fully saturated rings. The van der Waals surface area contributed by atoms with Crippen molar-refractivity contribution in [2.45, 2.75) is 26.7 Å². The number of nitriles is 1. The first-order valence-electron chi connectivity index (χ1n) is 5.11. The first kappa shape index (κ1) is 10.8. The van der Waals surface area contributed by atoms with E-state index in [1.165, 1.54) is 0 Å². The highest BCUT2D eigenvalue weighted by Gasteiger charge is 2.21. The minimum absolute atomic E-state index is 0.0243. The van der Waals surface area contributed by atoms with Gasteiger partial charge in [0.2, 0.25) is 0 Å². The van der Waals surface area contributed by atoms with Gasteiger partial charge in [-0.1, -0.05) is 51.1 Å². The normalized spacial score (nSPS) is 14.8. The van der Waals surface area contributed by atoms with E-state index in [9.17, 15) is 0 Å². The summed E-state index contributed by atoms with van der Waals surface area (Å²) in [6, 6.07) is 12.4. The number of benzene rings is 1. The second kappa shape index (κ2) is 4.81. The average molecular weight is 187 g/mol. The molecule has 0 saturated heterocycles. The summed E-state index contributed by atoms with van der Waals surface area (Å²) in [5, 5.41) is 9.15. The first-order valence-corrected chi connectivity index (χ1v) is 5.11. The molecule has 0 radical (unpaired) electrons. The number of rotatable bonds is 3. The predicted molar refractivity (Wildman–Crippen MR) is 58.8 cm³/mol. The van der Waals surface area contributed by atoms with Gasteiger partial charge in [-0.15, -0.1) is 0 Å². The fraction of sp³-hybridized carbons (Fsp3) is 0.462. The highest BCUT2D eigenvalue weighted by Crippen LogP contribution is 2.28. The van der Waals surface area contributed by atoms with Gasteiger partial charge in [0, 0.05) is 0 Å². The summed E-state index contributed by atoms with van der Waals surface area (Å²) in [5.74, 6) is 0.971. The third kappa shape index (κ3) is 2.35. The first-order chi connectivity index (χ1) is 6.66. The molecule has 0 bridgehead atoms. The summed E-state index contributed by atoms with van der Waals surface area (Å²) in [6.07, 6.45) is 0. The molecule has 0 aliphatic rings. The van der Waals surface area contributed by atoms with E-state index in [0.29, 0.717) is 11.8 Å². The van der Waals surface area contributed by atoms with Crippen molar-refractivity contribution >= 4 is 0 Å². The zero-order valence-electron chi connectivity index (χ0n) is 9.07. The van der Waals surface area contributed by atoms with E-state index in [1.807, 2.05) is 30.3 Å². The molecule has 0 aromatic heterocycles. The molecule has 0 spiro atoms. The van der Waals surface area contributed by atoms with Crippen LogP contribution in [0.5, 0.6) is 0 Å². The van der Waals surface area contributed by atoms with Gasteiger partial charge in [0.15, 0.2) is 0 Å². The fourth-order valence-corrected chi connectivity index (χ4v) is 1.54. The Kier molecular flexibility index (Phi) is 3.71. The van der Waals surface area contributed by atoms with E-state index in [0.717, 1.165) is 5.56 Å². The van der Waals surface area contributed by atoms with Crippen molar-refractivity contribution in [3.05, 3.63) is 35.9 Å². The molecule has 2 atom stereocenters. The van der Waals surface area contributed by atoms with Crippen LogP contribution in [-0.2, 0) is 0 Å². The van der Waals surface area contributed by atoms with Gasteiger partial charge in [0.1, 0.15) is 0 Å². The van der Waals surface area contributed by atoms with E-state index in [1.54, 1.807) is 0 Å². The molecule has 0 heterocycles. The van der Waals surface area contributed by atoms with Crippen molar-refractivity contribution in [1.82, 2.24) is 0 Å². The Balaban J connectivity index is 2.89. The van der Waals surface area contributed by atoms with Crippen molar-refractivity contribution < 1.29 is 0 Å². The predicted octanol–water partition coefficient (Wildman–Crippen LogP) is 3.59. The molecule has 0 aliphatic heterocycles. The van der Waals surface area contributed by atoms with Gasteiger partial charge in [-0.05, 0) is 17.4 Å². The zero-order chi connectivity index (χ0) is 10.6. The number of hydrogen-bond donors (Lipinski definition) is 0. The minimum Gasteiger partial charge on any atom is -0.198 e. The van der Waals surface area contributed by atoms with Gasteiger partial charge in [0.25, 0.3) is 0 Å². The Labute approximate surface area is 86.4 Å². The molecule has 0 N–H and O–H groups in total. The van der Waals surface area contributed by atoms with Crippen LogP contribution in [0.4, 0.5) is 0 Å². The molecule has 0 saturated carbocycles.